The van der Waals surface area contributed by atoms with Crippen molar-refractivity contribution in [3.63, 3.8) is 0 Å². The summed E-state index contributed by atoms with van der Waals surface area (Å²) >= 11 is 0. The van der Waals surface area contributed by atoms with Crippen molar-refractivity contribution in [2.45, 2.75) is 13.8 Å². The van der Waals surface area contributed by atoms with Crippen LogP contribution < -0.4 is 10.2 Å². The summed E-state index contributed by atoms with van der Waals surface area (Å²) in [4.78, 5) is 22.8. The van der Waals surface area contributed by atoms with E-state index in [1.54, 1.807) is 31.3 Å². The molecule has 2 N–H and O–H groups in total. The predicted molar refractivity (Wildman–Crippen MR) is 94.5 cm³/mol. The Balaban J connectivity index is 1.82. The normalized spacial score (nSPS) is 10.6. The highest BCUT2D eigenvalue weighted by Crippen LogP contribution is 2.20. The number of anilines is 2. The summed E-state index contributed by atoms with van der Waals surface area (Å²) in [7, 11) is 1.66. The number of aryl methyl sites for hydroxylation is 2. The van der Waals surface area contributed by atoms with Gasteiger partial charge in [-0.2, -0.15) is 0 Å². The van der Waals surface area contributed by atoms with Gasteiger partial charge in [-0.15, -0.1) is 0 Å². The zero-order valence-corrected chi connectivity index (χ0v) is 13.7. The highest BCUT2D eigenvalue weighted by molar-refractivity contribution is 6.02. The van der Waals surface area contributed by atoms with Crippen molar-refractivity contribution in [2.75, 3.05) is 17.3 Å². The van der Waals surface area contributed by atoms with Crippen molar-refractivity contribution in [1.82, 2.24) is 9.97 Å². The third-order valence-corrected chi connectivity index (χ3v) is 3.87. The lowest BCUT2D eigenvalue weighted by Gasteiger charge is -2.18. The van der Waals surface area contributed by atoms with Gasteiger partial charge in [0.15, 0.2) is 0 Å². The van der Waals surface area contributed by atoms with Gasteiger partial charge >= 0.3 is 6.03 Å². The number of phenolic OH excluding ortho intramolecular Hbond substituents is 1. The average molecular weight is 322 g/mol. The van der Waals surface area contributed by atoms with E-state index >= 15 is 0 Å². The second kappa shape index (κ2) is 6.16. The molecule has 0 saturated carbocycles. The molecule has 0 aliphatic rings. The lowest BCUT2D eigenvalue weighted by molar-refractivity contribution is 0.258. The Hall–Kier alpha value is -3.15. The molecule has 1 heterocycles. The van der Waals surface area contributed by atoms with Crippen LogP contribution in [-0.4, -0.2) is 28.2 Å². The van der Waals surface area contributed by atoms with E-state index in [-0.39, 0.29) is 11.8 Å². The van der Waals surface area contributed by atoms with Crippen LogP contribution in [0.5, 0.6) is 5.75 Å². The topological polar surface area (TPSA) is 78.4 Å². The molecule has 3 rings (SSSR count). The number of carbonyl (C=O) groups is 1. The van der Waals surface area contributed by atoms with Gasteiger partial charge in [0.1, 0.15) is 5.75 Å². The van der Waals surface area contributed by atoms with Crippen molar-refractivity contribution < 1.29 is 9.90 Å². The molecule has 0 saturated heterocycles. The largest absolute Gasteiger partial charge is 0.508 e. The number of urea groups is 1. The number of phenols is 1. The molecule has 6 heteroatoms. The lowest BCUT2D eigenvalue weighted by atomic mass is 10.2. The van der Waals surface area contributed by atoms with Crippen LogP contribution >= 0.6 is 0 Å². The first-order chi connectivity index (χ1) is 11.4. The summed E-state index contributed by atoms with van der Waals surface area (Å²) in [5.74, 6) is 0.159. The fraction of sp³-hybridized carbons (Fsp3) is 0.167. The van der Waals surface area contributed by atoms with Crippen LogP contribution in [0.3, 0.4) is 0 Å². The molecule has 2 aromatic carbocycles. The fourth-order valence-electron chi connectivity index (χ4n) is 2.31. The second-order valence-electron chi connectivity index (χ2n) is 5.60. The summed E-state index contributed by atoms with van der Waals surface area (Å²) in [6, 6.07) is 11.6. The number of aromatic nitrogens is 2. The van der Waals surface area contributed by atoms with E-state index in [4.69, 9.17) is 0 Å². The van der Waals surface area contributed by atoms with Gasteiger partial charge in [0.2, 0.25) is 0 Å². The predicted octanol–water partition coefficient (Wildman–Crippen LogP) is 3.62. The zero-order chi connectivity index (χ0) is 17.3. The lowest BCUT2D eigenvalue weighted by Crippen LogP contribution is -2.31. The number of nitrogens with zero attached hydrogens (tertiary/aromatic N) is 3. The molecule has 0 radical (unpaired) electrons. The summed E-state index contributed by atoms with van der Waals surface area (Å²) in [6.07, 6.45) is 0. The van der Waals surface area contributed by atoms with Crippen LogP contribution in [0.2, 0.25) is 0 Å². The Morgan fingerprint density at radius 1 is 1.00 bits per heavy atom. The highest BCUT2D eigenvalue weighted by atomic mass is 16.3. The molecule has 0 aliphatic heterocycles. The van der Waals surface area contributed by atoms with Crippen LogP contribution in [0.25, 0.3) is 11.0 Å². The molecule has 122 valence electrons. The van der Waals surface area contributed by atoms with E-state index in [1.165, 1.54) is 17.0 Å². The Bertz CT molecular complexity index is 907. The maximum atomic E-state index is 12.4. The Morgan fingerprint density at radius 3 is 2.29 bits per heavy atom. The first-order valence-corrected chi connectivity index (χ1v) is 7.53. The third kappa shape index (κ3) is 3.12. The van der Waals surface area contributed by atoms with Gasteiger partial charge < -0.3 is 10.4 Å². The summed E-state index contributed by atoms with van der Waals surface area (Å²) in [5, 5.41) is 12.2. The summed E-state index contributed by atoms with van der Waals surface area (Å²) in [5.41, 5.74) is 4.62. The molecule has 0 spiro atoms. The Labute approximate surface area is 139 Å². The van der Waals surface area contributed by atoms with Gasteiger partial charge in [-0.3, -0.25) is 4.90 Å². The maximum absolute atomic E-state index is 12.4. The number of hydrogen-bond donors (Lipinski definition) is 2. The quantitative estimate of drug-likeness (QED) is 0.755. The minimum absolute atomic E-state index is 0.159. The maximum Gasteiger partial charge on any atom is 0.326 e. The van der Waals surface area contributed by atoms with E-state index in [0.717, 1.165) is 22.4 Å². The van der Waals surface area contributed by atoms with E-state index in [0.29, 0.717) is 11.4 Å². The van der Waals surface area contributed by atoms with Gasteiger partial charge in [-0.05, 0) is 56.3 Å². The van der Waals surface area contributed by atoms with Gasteiger partial charge in [-0.25, -0.2) is 14.8 Å². The van der Waals surface area contributed by atoms with Crippen LogP contribution in [0, 0.1) is 13.8 Å². The molecule has 0 aliphatic carbocycles. The van der Waals surface area contributed by atoms with Crippen molar-refractivity contribution in [2.24, 2.45) is 0 Å². The number of rotatable bonds is 2. The molecule has 0 bridgehead atoms. The van der Waals surface area contributed by atoms with Crippen LogP contribution in [0.1, 0.15) is 11.4 Å². The number of carbonyl (C=O) groups excluding carboxylic acids is 1. The molecule has 3 aromatic rings. The molecule has 0 fully saturated rings. The minimum Gasteiger partial charge on any atom is -0.508 e. The van der Waals surface area contributed by atoms with Crippen molar-refractivity contribution >= 4 is 28.4 Å². The average Bonchev–Trinajstić information content (AvgIpc) is 2.56. The van der Waals surface area contributed by atoms with Crippen LogP contribution in [-0.2, 0) is 0 Å². The standard InChI is InChI=1S/C18H18N4O2/c1-11-12(2)20-17-10-13(4-9-16(17)19-11)21-18(24)22(3)14-5-7-15(23)8-6-14/h4-10,23H,1-3H3,(H,21,24). The highest BCUT2D eigenvalue weighted by Gasteiger charge is 2.12. The molecule has 0 atom stereocenters. The SMILES string of the molecule is Cc1nc2ccc(NC(=O)N(C)c3ccc(O)cc3)cc2nc1C. The summed E-state index contributed by atoms with van der Waals surface area (Å²) < 4.78 is 0. The molecule has 6 nitrogen and oxygen atoms in total. The van der Waals surface area contributed by atoms with E-state index in [1.807, 2.05) is 19.9 Å². The van der Waals surface area contributed by atoms with Gasteiger partial charge in [0.05, 0.1) is 22.4 Å². The van der Waals surface area contributed by atoms with Gasteiger partial charge in [-0.1, -0.05) is 0 Å². The first-order valence-electron chi connectivity index (χ1n) is 7.53. The molecular weight excluding hydrogens is 304 g/mol. The van der Waals surface area contributed by atoms with E-state index in [9.17, 15) is 9.90 Å². The van der Waals surface area contributed by atoms with Crippen LogP contribution in [0.4, 0.5) is 16.2 Å². The summed E-state index contributed by atoms with van der Waals surface area (Å²) in [6.45, 7) is 3.83. The molecule has 2 amide bonds. The smallest absolute Gasteiger partial charge is 0.326 e. The van der Waals surface area contributed by atoms with Crippen molar-refractivity contribution in [3.8, 4) is 5.75 Å². The third-order valence-electron chi connectivity index (χ3n) is 3.87. The number of hydrogen-bond acceptors (Lipinski definition) is 4. The number of aromatic hydroxyl groups is 1. The van der Waals surface area contributed by atoms with Crippen molar-refractivity contribution in [1.29, 1.82) is 0 Å². The number of fused-ring (bicyclic) bond motifs is 1. The van der Waals surface area contributed by atoms with Gasteiger partial charge in [0, 0.05) is 18.4 Å². The number of benzene rings is 2. The number of amides is 2. The second-order valence-corrected chi connectivity index (χ2v) is 5.60. The molecule has 1 aromatic heterocycles. The Kier molecular flexibility index (Phi) is 4.04. The minimum atomic E-state index is -0.281. The zero-order valence-electron chi connectivity index (χ0n) is 13.7. The van der Waals surface area contributed by atoms with Crippen LogP contribution in [0.15, 0.2) is 42.5 Å². The van der Waals surface area contributed by atoms with E-state index in [2.05, 4.69) is 15.3 Å². The van der Waals surface area contributed by atoms with Crippen molar-refractivity contribution in [3.05, 3.63) is 53.9 Å². The first kappa shape index (κ1) is 15.7. The van der Waals surface area contributed by atoms with E-state index < -0.39 is 0 Å². The monoisotopic (exact) mass is 322 g/mol. The molecular formula is C18H18N4O2. The van der Waals surface area contributed by atoms with Gasteiger partial charge in [0.25, 0.3) is 0 Å². The number of nitrogens with one attached hydrogen (secondary N) is 1. The fourth-order valence-corrected chi connectivity index (χ4v) is 2.31. The Morgan fingerprint density at radius 2 is 1.62 bits per heavy atom. The molecule has 0 unspecified atom stereocenters. The molecule has 24 heavy (non-hydrogen) atoms.